The molecule has 0 aliphatic rings. The second-order valence-corrected chi connectivity index (χ2v) is 3.80. The zero-order valence-corrected chi connectivity index (χ0v) is 9.36. The van der Waals surface area contributed by atoms with Gasteiger partial charge in [-0.25, -0.2) is 8.78 Å². The molecular weight excluding hydrogens is 238 g/mol. The summed E-state index contributed by atoms with van der Waals surface area (Å²) in [5, 5.41) is 0. The first-order chi connectivity index (χ1) is 8.58. The molecule has 0 saturated heterocycles. The highest BCUT2D eigenvalue weighted by Crippen LogP contribution is 2.26. The number of carbonyl (C=O) groups excluding carboxylic acids is 1. The molecule has 0 aliphatic heterocycles. The van der Waals surface area contributed by atoms with Crippen LogP contribution < -0.4 is 5.73 Å². The molecule has 3 nitrogen and oxygen atoms in total. The molecule has 0 aliphatic carbocycles. The fraction of sp³-hybridized carbons (Fsp3) is 0.0769. The molecule has 1 amide bonds. The zero-order chi connectivity index (χ0) is 13.1. The summed E-state index contributed by atoms with van der Waals surface area (Å²) < 4.78 is 26.8. The fourth-order valence-electron chi connectivity index (χ4n) is 1.74. The number of halogens is 2. The van der Waals surface area contributed by atoms with Crippen molar-refractivity contribution in [3.8, 4) is 11.1 Å². The lowest BCUT2D eigenvalue weighted by molar-refractivity contribution is -0.117. The summed E-state index contributed by atoms with van der Waals surface area (Å²) in [6.07, 6.45) is 2.22. The number of pyridine rings is 1. The van der Waals surface area contributed by atoms with Gasteiger partial charge in [-0.15, -0.1) is 0 Å². The van der Waals surface area contributed by atoms with Crippen LogP contribution in [0.5, 0.6) is 0 Å². The van der Waals surface area contributed by atoms with Crippen LogP contribution in [0.25, 0.3) is 11.1 Å². The van der Waals surface area contributed by atoms with Gasteiger partial charge in [0.05, 0.1) is 12.6 Å². The summed E-state index contributed by atoms with van der Waals surface area (Å²) in [5.41, 5.74) is 6.05. The van der Waals surface area contributed by atoms with E-state index >= 15 is 0 Å². The van der Waals surface area contributed by atoms with Crippen molar-refractivity contribution in [2.45, 2.75) is 6.42 Å². The van der Waals surface area contributed by atoms with Crippen molar-refractivity contribution in [3.63, 3.8) is 0 Å². The lowest BCUT2D eigenvalue weighted by Gasteiger charge is -2.09. The van der Waals surface area contributed by atoms with Gasteiger partial charge < -0.3 is 5.73 Å². The third-order valence-corrected chi connectivity index (χ3v) is 2.49. The van der Waals surface area contributed by atoms with Crippen molar-refractivity contribution in [2.24, 2.45) is 5.73 Å². The number of nitrogens with two attached hydrogens (primary N) is 1. The topological polar surface area (TPSA) is 56.0 Å². The van der Waals surface area contributed by atoms with E-state index in [1.54, 1.807) is 6.07 Å². The van der Waals surface area contributed by atoms with Gasteiger partial charge in [0.2, 0.25) is 5.91 Å². The smallest absolute Gasteiger partial charge is 0.221 e. The average molecular weight is 248 g/mol. The number of amides is 1. The second-order valence-electron chi connectivity index (χ2n) is 3.80. The summed E-state index contributed by atoms with van der Waals surface area (Å²) in [5.74, 6) is -1.72. The molecule has 0 spiro atoms. The molecule has 0 saturated carbocycles. The van der Waals surface area contributed by atoms with Crippen LogP contribution >= 0.6 is 0 Å². The summed E-state index contributed by atoms with van der Waals surface area (Å²) in [4.78, 5) is 14.6. The highest BCUT2D eigenvalue weighted by molar-refractivity contribution is 5.80. The summed E-state index contributed by atoms with van der Waals surface area (Å²) >= 11 is 0. The molecular formula is C13H10F2N2O. The van der Waals surface area contributed by atoms with Gasteiger partial charge in [0.1, 0.15) is 11.6 Å². The molecule has 18 heavy (non-hydrogen) atoms. The minimum absolute atomic E-state index is 0.150. The largest absolute Gasteiger partial charge is 0.369 e. The van der Waals surface area contributed by atoms with E-state index in [0.29, 0.717) is 11.1 Å². The number of rotatable bonds is 3. The Bertz CT molecular complexity index is 599. The van der Waals surface area contributed by atoms with Crippen LogP contribution in [-0.2, 0) is 11.2 Å². The van der Waals surface area contributed by atoms with E-state index in [-0.39, 0.29) is 12.0 Å². The van der Waals surface area contributed by atoms with Crippen LogP contribution in [0.15, 0.2) is 36.7 Å². The quantitative estimate of drug-likeness (QED) is 0.903. The maximum absolute atomic E-state index is 13.7. The molecule has 2 rings (SSSR count). The lowest BCUT2D eigenvalue weighted by Crippen LogP contribution is -2.15. The van der Waals surface area contributed by atoms with Gasteiger partial charge in [-0.05, 0) is 17.7 Å². The number of nitrogens with zero attached hydrogens (tertiary/aromatic N) is 1. The molecule has 1 heterocycles. The lowest BCUT2D eigenvalue weighted by atomic mass is 9.98. The first kappa shape index (κ1) is 12.2. The maximum atomic E-state index is 13.7. The maximum Gasteiger partial charge on any atom is 0.221 e. The van der Waals surface area contributed by atoms with Crippen molar-refractivity contribution in [1.29, 1.82) is 0 Å². The Kier molecular flexibility index (Phi) is 3.32. The number of benzene rings is 1. The van der Waals surface area contributed by atoms with E-state index in [2.05, 4.69) is 4.98 Å². The number of carbonyl (C=O) groups is 1. The standard InChI is InChI=1S/C13H10F2N2O/c14-9-4-8(6-17-7-9)10-2-1-3-12(15)11(10)5-13(16)18/h1-4,6-7H,5H2,(H2,16,18). The highest BCUT2D eigenvalue weighted by atomic mass is 19.1. The molecule has 5 heteroatoms. The molecule has 2 N–H and O–H groups in total. The van der Waals surface area contributed by atoms with Gasteiger partial charge in [0, 0.05) is 17.3 Å². The van der Waals surface area contributed by atoms with Crippen LogP contribution in [0.3, 0.4) is 0 Å². The SMILES string of the molecule is NC(=O)Cc1c(F)cccc1-c1cncc(F)c1. The third-order valence-electron chi connectivity index (χ3n) is 2.49. The Morgan fingerprint density at radius 2 is 2.06 bits per heavy atom. The van der Waals surface area contributed by atoms with E-state index in [1.807, 2.05) is 0 Å². The fourth-order valence-corrected chi connectivity index (χ4v) is 1.74. The summed E-state index contributed by atoms with van der Waals surface area (Å²) in [7, 11) is 0. The van der Waals surface area contributed by atoms with Crippen molar-refractivity contribution in [1.82, 2.24) is 4.98 Å². The monoisotopic (exact) mass is 248 g/mol. The van der Waals surface area contributed by atoms with Crippen molar-refractivity contribution < 1.29 is 13.6 Å². The Labute approximate surface area is 102 Å². The number of hydrogen-bond acceptors (Lipinski definition) is 2. The number of hydrogen-bond donors (Lipinski definition) is 1. The van der Waals surface area contributed by atoms with Crippen LogP contribution in [0.1, 0.15) is 5.56 Å². The Morgan fingerprint density at radius 3 is 2.72 bits per heavy atom. The first-order valence-electron chi connectivity index (χ1n) is 5.24. The molecule has 0 fully saturated rings. The van der Waals surface area contributed by atoms with Crippen LogP contribution in [0.2, 0.25) is 0 Å². The van der Waals surface area contributed by atoms with E-state index < -0.39 is 17.5 Å². The van der Waals surface area contributed by atoms with Crippen molar-refractivity contribution in [2.75, 3.05) is 0 Å². The van der Waals surface area contributed by atoms with E-state index in [0.717, 1.165) is 6.20 Å². The van der Waals surface area contributed by atoms with Crippen LogP contribution in [0, 0.1) is 11.6 Å². The third kappa shape index (κ3) is 2.51. The van der Waals surface area contributed by atoms with Gasteiger partial charge in [-0.3, -0.25) is 9.78 Å². The molecule has 0 unspecified atom stereocenters. The van der Waals surface area contributed by atoms with E-state index in [1.165, 1.54) is 24.4 Å². The minimum atomic E-state index is -0.647. The van der Waals surface area contributed by atoms with Crippen molar-refractivity contribution in [3.05, 3.63) is 53.9 Å². The summed E-state index contributed by atoms with van der Waals surface area (Å²) in [6, 6.07) is 5.54. The molecule has 0 bridgehead atoms. The molecule has 92 valence electrons. The Balaban J connectivity index is 2.56. The molecule has 1 aromatic carbocycles. The van der Waals surface area contributed by atoms with E-state index in [9.17, 15) is 13.6 Å². The molecule has 1 aromatic heterocycles. The average Bonchev–Trinajstić information content (AvgIpc) is 2.31. The number of aromatic nitrogens is 1. The van der Waals surface area contributed by atoms with Gasteiger partial charge in [-0.1, -0.05) is 12.1 Å². The Morgan fingerprint density at radius 1 is 1.28 bits per heavy atom. The molecule has 0 radical (unpaired) electrons. The number of primary amides is 1. The van der Waals surface area contributed by atoms with E-state index in [4.69, 9.17) is 5.73 Å². The van der Waals surface area contributed by atoms with Gasteiger partial charge in [-0.2, -0.15) is 0 Å². The predicted molar refractivity (Wildman–Crippen MR) is 62.5 cm³/mol. The second kappa shape index (κ2) is 4.91. The summed E-state index contributed by atoms with van der Waals surface area (Å²) in [6.45, 7) is 0. The van der Waals surface area contributed by atoms with Crippen LogP contribution in [-0.4, -0.2) is 10.9 Å². The van der Waals surface area contributed by atoms with Gasteiger partial charge in [0.15, 0.2) is 0 Å². The first-order valence-corrected chi connectivity index (χ1v) is 5.24. The predicted octanol–water partition coefficient (Wildman–Crippen LogP) is 2.05. The Hall–Kier alpha value is -2.30. The highest BCUT2D eigenvalue weighted by Gasteiger charge is 2.13. The normalized spacial score (nSPS) is 10.3. The van der Waals surface area contributed by atoms with Crippen LogP contribution in [0.4, 0.5) is 8.78 Å². The van der Waals surface area contributed by atoms with Crippen molar-refractivity contribution >= 4 is 5.91 Å². The van der Waals surface area contributed by atoms with Gasteiger partial charge >= 0.3 is 0 Å². The molecule has 2 aromatic rings. The zero-order valence-electron chi connectivity index (χ0n) is 9.36. The van der Waals surface area contributed by atoms with Gasteiger partial charge in [0.25, 0.3) is 0 Å². The minimum Gasteiger partial charge on any atom is -0.369 e. The molecule has 0 atom stereocenters.